The van der Waals surface area contributed by atoms with Crippen molar-refractivity contribution in [2.24, 2.45) is 5.92 Å². The van der Waals surface area contributed by atoms with E-state index >= 15 is 0 Å². The highest BCUT2D eigenvalue weighted by Crippen LogP contribution is 2.33. The fourth-order valence-corrected chi connectivity index (χ4v) is 2.33. The molecule has 0 aromatic rings. The summed E-state index contributed by atoms with van der Waals surface area (Å²) in [6.45, 7) is 3.56. The van der Waals surface area contributed by atoms with E-state index in [9.17, 15) is 0 Å². The van der Waals surface area contributed by atoms with Crippen LogP contribution >= 0.6 is 11.8 Å². The largest absolute Gasteiger partial charge is 0.314 e. The molecule has 0 spiro atoms. The van der Waals surface area contributed by atoms with Gasteiger partial charge in [0.1, 0.15) is 0 Å². The fraction of sp³-hybridized carbons (Fsp3) is 1.00. The van der Waals surface area contributed by atoms with Crippen LogP contribution in [0.4, 0.5) is 0 Å². The first-order chi connectivity index (χ1) is 6.83. The average Bonchev–Trinajstić information content (AvgIpc) is 2.95. The zero-order valence-corrected chi connectivity index (χ0v) is 10.5. The summed E-state index contributed by atoms with van der Waals surface area (Å²) < 4.78 is 0. The van der Waals surface area contributed by atoms with Gasteiger partial charge in [0.05, 0.1) is 0 Å². The Kier molecular flexibility index (Phi) is 6.70. The van der Waals surface area contributed by atoms with E-state index in [1.807, 2.05) is 11.8 Å². The summed E-state index contributed by atoms with van der Waals surface area (Å²) in [6.07, 6.45) is 10.7. The SMILES string of the molecule is CSCCCCCNC(C)CC1CC1. The molecule has 14 heavy (non-hydrogen) atoms. The molecule has 1 aliphatic carbocycles. The number of unbranched alkanes of at least 4 members (excludes halogenated alkanes) is 2. The molecule has 1 unspecified atom stereocenters. The first kappa shape index (κ1) is 12.4. The molecule has 0 bridgehead atoms. The summed E-state index contributed by atoms with van der Waals surface area (Å²) in [4.78, 5) is 0. The minimum atomic E-state index is 0.753. The normalized spacial score (nSPS) is 18.4. The molecule has 1 fully saturated rings. The van der Waals surface area contributed by atoms with E-state index < -0.39 is 0 Å². The van der Waals surface area contributed by atoms with Crippen molar-refractivity contribution in [1.82, 2.24) is 5.32 Å². The zero-order valence-electron chi connectivity index (χ0n) is 9.72. The third-order valence-corrected chi connectivity index (χ3v) is 3.60. The first-order valence-corrected chi connectivity index (χ1v) is 7.44. The lowest BCUT2D eigenvalue weighted by atomic mass is 10.1. The molecule has 0 aliphatic heterocycles. The van der Waals surface area contributed by atoms with Crippen molar-refractivity contribution in [3.05, 3.63) is 0 Å². The van der Waals surface area contributed by atoms with Crippen molar-refractivity contribution in [2.45, 2.75) is 51.5 Å². The molecule has 1 aliphatic rings. The summed E-state index contributed by atoms with van der Waals surface area (Å²) in [5, 5.41) is 3.62. The molecule has 1 atom stereocenters. The summed E-state index contributed by atoms with van der Waals surface area (Å²) in [5.41, 5.74) is 0. The van der Waals surface area contributed by atoms with Crippen LogP contribution in [0.3, 0.4) is 0 Å². The van der Waals surface area contributed by atoms with Gasteiger partial charge in [-0.3, -0.25) is 0 Å². The summed E-state index contributed by atoms with van der Waals surface area (Å²) in [5.74, 6) is 2.39. The lowest BCUT2D eigenvalue weighted by Gasteiger charge is -2.12. The second kappa shape index (κ2) is 7.58. The molecule has 0 radical (unpaired) electrons. The van der Waals surface area contributed by atoms with E-state index in [2.05, 4.69) is 18.5 Å². The van der Waals surface area contributed by atoms with Crippen molar-refractivity contribution in [3.8, 4) is 0 Å². The summed E-state index contributed by atoms with van der Waals surface area (Å²) in [6, 6.07) is 0.753. The van der Waals surface area contributed by atoms with Crippen molar-refractivity contribution in [2.75, 3.05) is 18.6 Å². The maximum atomic E-state index is 3.62. The molecule has 1 nitrogen and oxygen atoms in total. The molecule has 0 amide bonds. The highest BCUT2D eigenvalue weighted by atomic mass is 32.2. The Labute approximate surface area is 93.4 Å². The van der Waals surface area contributed by atoms with Gasteiger partial charge in [-0.2, -0.15) is 11.8 Å². The predicted molar refractivity (Wildman–Crippen MR) is 67.0 cm³/mol. The van der Waals surface area contributed by atoms with Gasteiger partial charge in [0.15, 0.2) is 0 Å². The number of rotatable bonds is 9. The van der Waals surface area contributed by atoms with E-state index in [0.29, 0.717) is 0 Å². The van der Waals surface area contributed by atoms with Gasteiger partial charge in [-0.05, 0) is 50.7 Å². The molecule has 84 valence electrons. The lowest BCUT2D eigenvalue weighted by molar-refractivity contribution is 0.477. The van der Waals surface area contributed by atoms with Crippen molar-refractivity contribution >= 4 is 11.8 Å². The molecule has 1 rings (SSSR count). The van der Waals surface area contributed by atoms with Crippen LogP contribution in [0.2, 0.25) is 0 Å². The Hall–Kier alpha value is 0.310. The molecule has 0 heterocycles. The topological polar surface area (TPSA) is 12.0 Å². The molecule has 0 aromatic heterocycles. The van der Waals surface area contributed by atoms with Crippen LogP contribution in [0, 0.1) is 5.92 Å². The van der Waals surface area contributed by atoms with Gasteiger partial charge in [-0.15, -0.1) is 0 Å². The van der Waals surface area contributed by atoms with Gasteiger partial charge in [-0.1, -0.05) is 19.3 Å². The third-order valence-electron chi connectivity index (χ3n) is 2.90. The van der Waals surface area contributed by atoms with Crippen LogP contribution in [0.1, 0.15) is 45.4 Å². The minimum Gasteiger partial charge on any atom is -0.314 e. The van der Waals surface area contributed by atoms with Crippen LogP contribution in [0.5, 0.6) is 0 Å². The van der Waals surface area contributed by atoms with Gasteiger partial charge >= 0.3 is 0 Å². The van der Waals surface area contributed by atoms with Crippen LogP contribution in [0.25, 0.3) is 0 Å². The van der Waals surface area contributed by atoms with Gasteiger partial charge in [0.25, 0.3) is 0 Å². The molecule has 2 heteroatoms. The fourth-order valence-electron chi connectivity index (χ4n) is 1.83. The Morgan fingerprint density at radius 2 is 2.07 bits per heavy atom. The number of thioether (sulfide) groups is 1. The van der Waals surface area contributed by atoms with Gasteiger partial charge < -0.3 is 5.32 Å². The number of hydrogen-bond acceptors (Lipinski definition) is 2. The van der Waals surface area contributed by atoms with E-state index in [1.54, 1.807) is 0 Å². The monoisotopic (exact) mass is 215 g/mol. The smallest absolute Gasteiger partial charge is 0.00413 e. The van der Waals surface area contributed by atoms with Crippen LogP contribution < -0.4 is 5.32 Å². The quantitative estimate of drug-likeness (QED) is 0.592. The molecule has 1 saturated carbocycles. The van der Waals surface area contributed by atoms with Crippen molar-refractivity contribution in [1.29, 1.82) is 0 Å². The van der Waals surface area contributed by atoms with E-state index in [0.717, 1.165) is 12.0 Å². The Balaban J connectivity index is 1.77. The molecule has 0 aromatic carbocycles. The minimum absolute atomic E-state index is 0.753. The van der Waals surface area contributed by atoms with E-state index in [1.165, 1.54) is 50.8 Å². The molecular formula is C12H25NS. The number of nitrogens with one attached hydrogen (secondary N) is 1. The molecular weight excluding hydrogens is 190 g/mol. The maximum absolute atomic E-state index is 3.62. The average molecular weight is 215 g/mol. The highest BCUT2D eigenvalue weighted by molar-refractivity contribution is 7.98. The lowest BCUT2D eigenvalue weighted by Crippen LogP contribution is -2.27. The predicted octanol–water partition coefficient (Wildman–Crippen LogP) is 3.30. The standard InChI is InChI=1S/C12H25NS/c1-11(10-12-6-7-12)13-8-4-3-5-9-14-2/h11-13H,3-10H2,1-2H3. The van der Waals surface area contributed by atoms with Crippen LogP contribution in [0.15, 0.2) is 0 Å². The van der Waals surface area contributed by atoms with E-state index in [4.69, 9.17) is 0 Å². The first-order valence-electron chi connectivity index (χ1n) is 6.05. The second-order valence-corrected chi connectivity index (χ2v) is 5.57. The van der Waals surface area contributed by atoms with Crippen molar-refractivity contribution in [3.63, 3.8) is 0 Å². The third kappa shape index (κ3) is 6.72. The molecule has 1 N–H and O–H groups in total. The van der Waals surface area contributed by atoms with Gasteiger partial charge in [0, 0.05) is 6.04 Å². The highest BCUT2D eigenvalue weighted by Gasteiger charge is 2.22. The van der Waals surface area contributed by atoms with Gasteiger partial charge in [0.2, 0.25) is 0 Å². The Morgan fingerprint density at radius 1 is 1.29 bits per heavy atom. The zero-order chi connectivity index (χ0) is 10.2. The summed E-state index contributed by atoms with van der Waals surface area (Å²) >= 11 is 1.96. The number of hydrogen-bond donors (Lipinski definition) is 1. The van der Waals surface area contributed by atoms with E-state index in [-0.39, 0.29) is 0 Å². The van der Waals surface area contributed by atoms with Gasteiger partial charge in [-0.25, -0.2) is 0 Å². The van der Waals surface area contributed by atoms with Crippen LogP contribution in [-0.4, -0.2) is 24.6 Å². The van der Waals surface area contributed by atoms with Crippen molar-refractivity contribution < 1.29 is 0 Å². The Bertz CT molecular complexity index is 134. The maximum Gasteiger partial charge on any atom is 0.00413 e. The Morgan fingerprint density at radius 3 is 2.71 bits per heavy atom. The van der Waals surface area contributed by atoms with Crippen LogP contribution in [-0.2, 0) is 0 Å². The molecule has 0 saturated heterocycles. The second-order valence-electron chi connectivity index (χ2n) is 4.59. The summed E-state index contributed by atoms with van der Waals surface area (Å²) in [7, 11) is 0.